The Morgan fingerprint density at radius 3 is 2.72 bits per heavy atom. The molecule has 0 spiro atoms. The van der Waals surface area contributed by atoms with Crippen molar-refractivity contribution in [1.82, 2.24) is 0 Å². The molecule has 0 saturated carbocycles. The highest BCUT2D eigenvalue weighted by atomic mass is 32.2. The van der Waals surface area contributed by atoms with Gasteiger partial charge in [0.05, 0.1) is 5.60 Å². The molecule has 1 heterocycles. The van der Waals surface area contributed by atoms with E-state index in [-0.39, 0.29) is 17.4 Å². The molecular weight excluding hydrogens is 254 g/mol. The predicted molar refractivity (Wildman–Crippen MR) is 70.7 cm³/mol. The monoisotopic (exact) mass is 272 g/mol. The molecule has 4 heteroatoms. The number of aliphatic hydroxyl groups is 1. The Hall–Kier alpha value is -0.610. The average Bonchev–Trinajstić information content (AvgIpc) is 2.28. The molecule has 1 aliphatic rings. The van der Waals surface area contributed by atoms with E-state index in [1.165, 1.54) is 6.07 Å². The maximum atomic E-state index is 13.7. The van der Waals surface area contributed by atoms with Crippen LogP contribution in [0.1, 0.15) is 25.8 Å². The van der Waals surface area contributed by atoms with Crippen molar-refractivity contribution >= 4 is 11.8 Å². The third-order valence-electron chi connectivity index (χ3n) is 3.96. The topological polar surface area (TPSA) is 20.2 Å². The summed E-state index contributed by atoms with van der Waals surface area (Å²) in [4.78, 5) is 0. The highest BCUT2D eigenvalue weighted by Crippen LogP contribution is 2.44. The fraction of sp³-hybridized carbons (Fsp3) is 0.571. The lowest BCUT2D eigenvalue weighted by Crippen LogP contribution is -2.51. The van der Waals surface area contributed by atoms with Gasteiger partial charge in [0.15, 0.2) is 0 Å². The number of hydrogen-bond acceptors (Lipinski definition) is 2. The van der Waals surface area contributed by atoms with E-state index in [4.69, 9.17) is 0 Å². The molecule has 1 aromatic carbocycles. The minimum absolute atomic E-state index is 0.163. The van der Waals surface area contributed by atoms with Gasteiger partial charge in [-0.15, -0.1) is 0 Å². The Labute approximate surface area is 111 Å². The second-order valence-corrected chi connectivity index (χ2v) is 6.74. The average molecular weight is 272 g/mol. The first kappa shape index (κ1) is 13.8. The van der Waals surface area contributed by atoms with E-state index >= 15 is 0 Å². The van der Waals surface area contributed by atoms with E-state index in [1.807, 2.05) is 13.8 Å². The lowest BCUT2D eigenvalue weighted by molar-refractivity contribution is -0.0518. The SMILES string of the molecule is CC1(C)CCSCC1(O)Cc1cc(F)ccc1F. The lowest BCUT2D eigenvalue weighted by atomic mass is 9.70. The van der Waals surface area contributed by atoms with Crippen molar-refractivity contribution in [3.8, 4) is 0 Å². The summed E-state index contributed by atoms with van der Waals surface area (Å²) >= 11 is 1.67. The van der Waals surface area contributed by atoms with Gasteiger partial charge in [-0.1, -0.05) is 13.8 Å². The van der Waals surface area contributed by atoms with Crippen molar-refractivity contribution in [2.45, 2.75) is 32.3 Å². The molecule has 2 rings (SSSR count). The third-order valence-corrected chi connectivity index (χ3v) is 5.14. The van der Waals surface area contributed by atoms with E-state index < -0.39 is 17.2 Å². The molecule has 0 bridgehead atoms. The quantitative estimate of drug-likeness (QED) is 0.890. The molecule has 1 nitrogen and oxygen atoms in total. The Bertz CT molecular complexity index is 447. The summed E-state index contributed by atoms with van der Waals surface area (Å²) in [5.41, 5.74) is -1.00. The molecule has 0 amide bonds. The van der Waals surface area contributed by atoms with E-state index in [1.54, 1.807) is 11.8 Å². The first-order valence-electron chi connectivity index (χ1n) is 6.08. The van der Waals surface area contributed by atoms with Crippen molar-refractivity contribution in [2.24, 2.45) is 5.41 Å². The molecule has 1 unspecified atom stereocenters. The Morgan fingerprint density at radius 1 is 1.33 bits per heavy atom. The van der Waals surface area contributed by atoms with Crippen molar-refractivity contribution < 1.29 is 13.9 Å². The van der Waals surface area contributed by atoms with E-state index in [0.717, 1.165) is 24.3 Å². The molecule has 1 aromatic rings. The number of benzene rings is 1. The molecule has 0 aromatic heterocycles. The minimum atomic E-state index is -0.982. The highest BCUT2D eigenvalue weighted by Gasteiger charge is 2.45. The normalized spacial score (nSPS) is 27.2. The van der Waals surface area contributed by atoms with Gasteiger partial charge in [-0.2, -0.15) is 11.8 Å². The molecule has 1 aliphatic heterocycles. The van der Waals surface area contributed by atoms with E-state index in [9.17, 15) is 13.9 Å². The van der Waals surface area contributed by atoms with Crippen LogP contribution in [0.4, 0.5) is 8.78 Å². The Balaban J connectivity index is 2.28. The largest absolute Gasteiger partial charge is 0.388 e. The van der Waals surface area contributed by atoms with Gasteiger partial charge in [-0.05, 0) is 41.4 Å². The van der Waals surface area contributed by atoms with Gasteiger partial charge in [0.2, 0.25) is 0 Å². The zero-order chi connectivity index (χ0) is 13.4. The molecule has 0 radical (unpaired) electrons. The molecule has 0 aliphatic carbocycles. The Morgan fingerprint density at radius 2 is 2.06 bits per heavy atom. The van der Waals surface area contributed by atoms with Crippen LogP contribution in [0.2, 0.25) is 0 Å². The smallest absolute Gasteiger partial charge is 0.126 e. The number of rotatable bonds is 2. The summed E-state index contributed by atoms with van der Waals surface area (Å²) < 4.78 is 26.8. The van der Waals surface area contributed by atoms with Crippen molar-refractivity contribution in [1.29, 1.82) is 0 Å². The maximum Gasteiger partial charge on any atom is 0.126 e. The fourth-order valence-corrected chi connectivity index (χ4v) is 3.91. The zero-order valence-electron chi connectivity index (χ0n) is 10.7. The van der Waals surface area contributed by atoms with Crippen LogP contribution in [0.25, 0.3) is 0 Å². The summed E-state index contributed by atoms with van der Waals surface area (Å²) in [5, 5.41) is 10.8. The highest BCUT2D eigenvalue weighted by molar-refractivity contribution is 7.99. The van der Waals surface area contributed by atoms with Gasteiger partial charge in [0, 0.05) is 12.2 Å². The second-order valence-electron chi connectivity index (χ2n) is 5.63. The summed E-state index contributed by atoms with van der Waals surface area (Å²) in [7, 11) is 0. The van der Waals surface area contributed by atoms with Crippen LogP contribution in [-0.2, 0) is 6.42 Å². The molecule has 1 N–H and O–H groups in total. The first-order valence-corrected chi connectivity index (χ1v) is 7.24. The summed E-state index contributed by atoms with van der Waals surface area (Å²) in [6.07, 6.45) is 1.04. The van der Waals surface area contributed by atoms with E-state index in [0.29, 0.717) is 5.75 Å². The predicted octanol–water partition coefficient (Wildman–Crippen LogP) is 3.40. The summed E-state index contributed by atoms with van der Waals surface area (Å²) in [6.45, 7) is 3.98. The lowest BCUT2D eigenvalue weighted by Gasteiger charge is -2.46. The molecule has 100 valence electrons. The van der Waals surface area contributed by atoms with Gasteiger partial charge in [-0.25, -0.2) is 8.78 Å². The number of thioether (sulfide) groups is 1. The summed E-state index contributed by atoms with van der Waals surface area (Å²) in [6, 6.07) is 3.41. The van der Waals surface area contributed by atoms with Gasteiger partial charge < -0.3 is 5.11 Å². The number of halogens is 2. The number of hydrogen-bond donors (Lipinski definition) is 1. The molecular formula is C14H18F2OS. The van der Waals surface area contributed by atoms with Crippen LogP contribution < -0.4 is 0 Å². The van der Waals surface area contributed by atoms with Crippen LogP contribution in [0.3, 0.4) is 0 Å². The van der Waals surface area contributed by atoms with Crippen molar-refractivity contribution in [3.63, 3.8) is 0 Å². The summed E-state index contributed by atoms with van der Waals surface area (Å²) in [5.74, 6) is 0.657. The van der Waals surface area contributed by atoms with Crippen LogP contribution in [0.5, 0.6) is 0 Å². The Kier molecular flexibility index (Phi) is 3.70. The van der Waals surface area contributed by atoms with Crippen LogP contribution in [-0.4, -0.2) is 22.2 Å². The molecule has 1 atom stereocenters. The standard InChI is InChI=1S/C14H18F2OS/c1-13(2)5-6-18-9-14(13,17)8-10-7-11(15)3-4-12(10)16/h3-4,7,17H,5-6,8-9H2,1-2H3. The van der Waals surface area contributed by atoms with Crippen LogP contribution >= 0.6 is 11.8 Å². The second kappa shape index (κ2) is 4.82. The van der Waals surface area contributed by atoms with Crippen molar-refractivity contribution in [3.05, 3.63) is 35.4 Å². The zero-order valence-corrected chi connectivity index (χ0v) is 11.5. The van der Waals surface area contributed by atoms with Gasteiger partial charge >= 0.3 is 0 Å². The van der Waals surface area contributed by atoms with Crippen LogP contribution in [0.15, 0.2) is 18.2 Å². The molecule has 18 heavy (non-hydrogen) atoms. The molecule has 1 saturated heterocycles. The van der Waals surface area contributed by atoms with Gasteiger partial charge in [-0.3, -0.25) is 0 Å². The van der Waals surface area contributed by atoms with Gasteiger partial charge in [0.1, 0.15) is 11.6 Å². The fourth-order valence-electron chi connectivity index (χ4n) is 2.28. The third kappa shape index (κ3) is 2.54. The van der Waals surface area contributed by atoms with E-state index in [2.05, 4.69) is 0 Å². The maximum absolute atomic E-state index is 13.7. The first-order chi connectivity index (χ1) is 8.34. The molecule has 1 fully saturated rings. The minimum Gasteiger partial charge on any atom is -0.388 e. The van der Waals surface area contributed by atoms with Gasteiger partial charge in [0.25, 0.3) is 0 Å². The van der Waals surface area contributed by atoms with Crippen LogP contribution in [0, 0.1) is 17.0 Å². The van der Waals surface area contributed by atoms with Crippen molar-refractivity contribution in [2.75, 3.05) is 11.5 Å².